The number of aryl methyl sites for hydroxylation is 2. The lowest BCUT2D eigenvalue weighted by Gasteiger charge is -2.13. The Hall–Kier alpha value is -0.990. The van der Waals surface area contributed by atoms with Crippen LogP contribution in [0.25, 0.3) is 0 Å². The van der Waals surface area contributed by atoms with Crippen molar-refractivity contribution >= 4 is 12.6 Å². The fourth-order valence-corrected chi connectivity index (χ4v) is 2.30. The standard InChI is InChI=1S/C15H20S.C4H10O.2C2H6/c1-5-15(10-16)13(4)9-14-7-6-11(2)12(3)8-14;1-2-3-4-5;2*1-2/h5-8,10,13,16H,1,9H2,2-4H3;5H,2-4H2,1H3;2*1-2H3/b15-10+;;;. The van der Waals surface area contributed by atoms with Gasteiger partial charge in [0.25, 0.3) is 0 Å². The Balaban J connectivity index is -0.000000454. The van der Waals surface area contributed by atoms with Crippen molar-refractivity contribution in [1.29, 1.82) is 0 Å². The molecular weight excluding hydrogens is 324 g/mol. The molecule has 1 nitrogen and oxygen atoms in total. The van der Waals surface area contributed by atoms with E-state index in [0.717, 1.165) is 19.3 Å². The van der Waals surface area contributed by atoms with Crippen LogP contribution in [0.2, 0.25) is 0 Å². The Morgan fingerprint density at radius 2 is 1.72 bits per heavy atom. The molecule has 0 spiro atoms. The number of unbranched alkanes of at least 4 members (excludes halogenated alkanes) is 1. The Morgan fingerprint density at radius 3 is 2.04 bits per heavy atom. The number of aliphatic hydroxyl groups excluding tert-OH is 1. The fraction of sp³-hybridized carbons (Fsp3) is 0.565. The zero-order valence-electron chi connectivity index (χ0n) is 17.9. The third kappa shape index (κ3) is 15.0. The number of aliphatic hydroxyl groups is 1. The smallest absolute Gasteiger partial charge is 0.0430 e. The van der Waals surface area contributed by atoms with Crippen LogP contribution in [0.1, 0.15) is 71.1 Å². The van der Waals surface area contributed by atoms with Gasteiger partial charge in [0.05, 0.1) is 0 Å². The van der Waals surface area contributed by atoms with Gasteiger partial charge in [-0.2, -0.15) is 12.6 Å². The van der Waals surface area contributed by atoms with Gasteiger partial charge in [-0.3, -0.25) is 0 Å². The predicted molar refractivity (Wildman–Crippen MR) is 121 cm³/mol. The first kappa shape index (κ1) is 28.8. The van der Waals surface area contributed by atoms with Crippen LogP contribution in [0.3, 0.4) is 0 Å². The molecule has 0 fully saturated rings. The highest BCUT2D eigenvalue weighted by molar-refractivity contribution is 7.83. The Bertz CT molecular complexity index is 447. The average Bonchev–Trinajstić information content (AvgIpc) is 2.64. The molecule has 0 amide bonds. The minimum Gasteiger partial charge on any atom is -0.396 e. The van der Waals surface area contributed by atoms with Crippen LogP contribution < -0.4 is 0 Å². The second kappa shape index (κ2) is 21.1. The molecule has 0 heterocycles. The first-order valence-corrected chi connectivity index (χ1v) is 10.1. The van der Waals surface area contributed by atoms with Crippen LogP contribution in [0.4, 0.5) is 0 Å². The molecule has 1 rings (SSSR count). The minimum absolute atomic E-state index is 0.344. The molecule has 1 N–H and O–H groups in total. The van der Waals surface area contributed by atoms with Crippen molar-refractivity contribution < 1.29 is 5.11 Å². The van der Waals surface area contributed by atoms with E-state index in [9.17, 15) is 0 Å². The lowest BCUT2D eigenvalue weighted by Crippen LogP contribution is -2.02. The van der Waals surface area contributed by atoms with E-state index in [2.05, 4.69) is 65.1 Å². The number of thiol groups is 1. The van der Waals surface area contributed by atoms with Gasteiger partial charge >= 0.3 is 0 Å². The van der Waals surface area contributed by atoms with Crippen LogP contribution in [0.5, 0.6) is 0 Å². The lowest BCUT2D eigenvalue weighted by molar-refractivity contribution is 0.287. The summed E-state index contributed by atoms with van der Waals surface area (Å²) in [5, 5.41) is 9.91. The SMILES string of the molecule is C=C/C(=C\S)C(C)Cc1ccc(C)c(C)c1.CC.CC.CCCCO. The lowest BCUT2D eigenvalue weighted by atomic mass is 9.93. The van der Waals surface area contributed by atoms with Crippen LogP contribution in [0.15, 0.2) is 41.8 Å². The van der Waals surface area contributed by atoms with Crippen LogP contribution >= 0.6 is 12.6 Å². The molecule has 25 heavy (non-hydrogen) atoms. The van der Waals surface area contributed by atoms with Crippen molar-refractivity contribution in [2.75, 3.05) is 6.61 Å². The van der Waals surface area contributed by atoms with Crippen LogP contribution in [-0.4, -0.2) is 11.7 Å². The summed E-state index contributed by atoms with van der Waals surface area (Å²) in [5.41, 5.74) is 5.29. The van der Waals surface area contributed by atoms with E-state index in [-0.39, 0.29) is 0 Å². The molecule has 146 valence electrons. The third-order valence-electron chi connectivity index (χ3n) is 3.58. The fourth-order valence-electron chi connectivity index (χ4n) is 1.94. The topological polar surface area (TPSA) is 20.2 Å². The summed E-state index contributed by atoms with van der Waals surface area (Å²) in [6.07, 6.45) is 4.97. The highest BCUT2D eigenvalue weighted by Gasteiger charge is 2.07. The molecule has 1 aromatic rings. The van der Waals surface area contributed by atoms with Crippen molar-refractivity contribution in [2.45, 2.75) is 74.7 Å². The summed E-state index contributed by atoms with van der Waals surface area (Å²) in [6, 6.07) is 6.67. The van der Waals surface area contributed by atoms with E-state index in [1.54, 1.807) is 0 Å². The molecule has 1 unspecified atom stereocenters. The van der Waals surface area contributed by atoms with Crippen molar-refractivity contribution in [3.05, 3.63) is 58.5 Å². The maximum absolute atomic E-state index is 8.07. The molecule has 0 aliphatic rings. The summed E-state index contributed by atoms with van der Waals surface area (Å²) in [5.74, 6) is 0.470. The van der Waals surface area contributed by atoms with E-state index in [0.29, 0.717) is 12.5 Å². The third-order valence-corrected chi connectivity index (χ3v) is 3.88. The second-order valence-corrected chi connectivity index (χ2v) is 5.69. The molecule has 0 aliphatic heterocycles. The molecule has 1 atom stereocenters. The van der Waals surface area contributed by atoms with Gasteiger partial charge in [-0.25, -0.2) is 0 Å². The molecule has 0 aromatic heterocycles. The second-order valence-electron chi connectivity index (χ2n) is 5.43. The largest absolute Gasteiger partial charge is 0.396 e. The van der Waals surface area contributed by atoms with Gasteiger partial charge in [-0.1, -0.05) is 78.8 Å². The monoisotopic (exact) mass is 366 g/mol. The maximum Gasteiger partial charge on any atom is 0.0430 e. The van der Waals surface area contributed by atoms with Crippen molar-refractivity contribution in [3.63, 3.8) is 0 Å². The number of rotatable bonds is 6. The highest BCUT2D eigenvalue weighted by Crippen LogP contribution is 2.20. The molecular formula is C23H42OS. The number of hydrogen-bond acceptors (Lipinski definition) is 2. The molecule has 0 saturated carbocycles. The van der Waals surface area contributed by atoms with Gasteiger partial charge < -0.3 is 5.11 Å². The van der Waals surface area contributed by atoms with Gasteiger partial charge in [0.1, 0.15) is 0 Å². The van der Waals surface area contributed by atoms with Crippen molar-refractivity contribution in [3.8, 4) is 0 Å². The normalized spacial score (nSPS) is 10.9. The van der Waals surface area contributed by atoms with E-state index < -0.39 is 0 Å². The first-order valence-electron chi connectivity index (χ1n) is 9.63. The number of hydrogen-bond donors (Lipinski definition) is 2. The van der Waals surface area contributed by atoms with Crippen LogP contribution in [0, 0.1) is 19.8 Å². The Kier molecular flexibility index (Phi) is 24.3. The van der Waals surface area contributed by atoms with Gasteiger partial charge in [0.2, 0.25) is 0 Å². The van der Waals surface area contributed by atoms with Gasteiger partial charge in [0, 0.05) is 6.61 Å². The van der Waals surface area contributed by atoms with E-state index in [1.807, 2.05) is 39.2 Å². The van der Waals surface area contributed by atoms with E-state index in [1.165, 1.54) is 22.3 Å². The Morgan fingerprint density at radius 1 is 1.16 bits per heavy atom. The highest BCUT2D eigenvalue weighted by atomic mass is 32.1. The van der Waals surface area contributed by atoms with E-state index >= 15 is 0 Å². The molecule has 0 saturated heterocycles. The van der Waals surface area contributed by atoms with Crippen molar-refractivity contribution in [1.82, 2.24) is 0 Å². The number of benzene rings is 1. The summed E-state index contributed by atoms with van der Waals surface area (Å²) in [6.45, 7) is 20.7. The molecule has 0 aliphatic carbocycles. The number of allylic oxidation sites excluding steroid dienone is 2. The maximum atomic E-state index is 8.07. The van der Waals surface area contributed by atoms with Gasteiger partial charge in [0.15, 0.2) is 0 Å². The zero-order valence-corrected chi connectivity index (χ0v) is 18.8. The zero-order chi connectivity index (χ0) is 20.3. The minimum atomic E-state index is 0.344. The van der Waals surface area contributed by atoms with E-state index in [4.69, 9.17) is 5.11 Å². The van der Waals surface area contributed by atoms with Crippen molar-refractivity contribution in [2.24, 2.45) is 5.92 Å². The summed E-state index contributed by atoms with van der Waals surface area (Å²) >= 11 is 4.20. The predicted octanol–water partition coefficient (Wildman–Crippen LogP) is 7.31. The summed E-state index contributed by atoms with van der Waals surface area (Å²) in [7, 11) is 0. The molecule has 1 aromatic carbocycles. The first-order chi connectivity index (χ1) is 12.0. The quantitative estimate of drug-likeness (QED) is 0.399. The molecule has 0 bridgehead atoms. The molecule has 2 heteroatoms. The molecule has 0 radical (unpaired) electrons. The van der Waals surface area contributed by atoms with Gasteiger partial charge in [-0.15, -0.1) is 0 Å². The Labute approximate surface area is 163 Å². The summed E-state index contributed by atoms with van der Waals surface area (Å²) < 4.78 is 0. The average molecular weight is 367 g/mol. The van der Waals surface area contributed by atoms with Crippen LogP contribution in [-0.2, 0) is 6.42 Å². The van der Waals surface area contributed by atoms with Gasteiger partial charge in [-0.05, 0) is 60.3 Å². The summed E-state index contributed by atoms with van der Waals surface area (Å²) in [4.78, 5) is 0.